The summed E-state index contributed by atoms with van der Waals surface area (Å²) in [5.41, 5.74) is 1.16. The van der Waals surface area contributed by atoms with Gasteiger partial charge in [0, 0.05) is 6.04 Å². The van der Waals surface area contributed by atoms with Gasteiger partial charge in [-0.15, -0.1) is 0 Å². The maximum absolute atomic E-state index is 12.2. The molecule has 1 unspecified atom stereocenters. The van der Waals surface area contributed by atoms with Crippen molar-refractivity contribution in [3.63, 3.8) is 0 Å². The first-order valence-corrected chi connectivity index (χ1v) is 7.88. The van der Waals surface area contributed by atoms with Crippen molar-refractivity contribution in [1.82, 2.24) is 5.32 Å². The smallest absolute Gasteiger partial charge is 0.387 e. The number of ether oxygens (including phenoxy) is 1. The monoisotopic (exact) mass is 297 g/mol. The van der Waals surface area contributed by atoms with Crippen molar-refractivity contribution in [2.75, 3.05) is 6.54 Å². The molecule has 0 aliphatic heterocycles. The SMILES string of the molecule is CCNC(c1ccc(OC(F)F)cc1)C1CCC(C)CC1. The highest BCUT2D eigenvalue weighted by molar-refractivity contribution is 5.29. The third kappa shape index (κ3) is 4.67. The zero-order valence-electron chi connectivity index (χ0n) is 12.8. The van der Waals surface area contributed by atoms with Crippen LogP contribution in [0.25, 0.3) is 0 Å². The van der Waals surface area contributed by atoms with Crippen molar-refractivity contribution < 1.29 is 13.5 Å². The van der Waals surface area contributed by atoms with Gasteiger partial charge >= 0.3 is 6.61 Å². The summed E-state index contributed by atoms with van der Waals surface area (Å²) in [7, 11) is 0. The molecule has 1 saturated carbocycles. The Morgan fingerprint density at radius 1 is 1.14 bits per heavy atom. The first-order chi connectivity index (χ1) is 10.1. The van der Waals surface area contributed by atoms with E-state index >= 15 is 0 Å². The maximum atomic E-state index is 12.2. The van der Waals surface area contributed by atoms with Crippen LogP contribution in [-0.4, -0.2) is 13.2 Å². The topological polar surface area (TPSA) is 21.3 Å². The van der Waals surface area contributed by atoms with Gasteiger partial charge < -0.3 is 10.1 Å². The van der Waals surface area contributed by atoms with Crippen molar-refractivity contribution in [3.05, 3.63) is 29.8 Å². The molecule has 1 aliphatic rings. The third-order valence-corrected chi connectivity index (χ3v) is 4.42. The Kier molecular flexibility index (Phi) is 5.97. The second kappa shape index (κ2) is 7.74. The van der Waals surface area contributed by atoms with Crippen molar-refractivity contribution >= 4 is 0 Å². The van der Waals surface area contributed by atoms with Gasteiger partial charge in [0.15, 0.2) is 0 Å². The molecule has 21 heavy (non-hydrogen) atoms. The summed E-state index contributed by atoms with van der Waals surface area (Å²) in [5.74, 6) is 1.68. The number of nitrogens with one attached hydrogen (secondary N) is 1. The van der Waals surface area contributed by atoms with Gasteiger partial charge in [-0.25, -0.2) is 0 Å². The minimum atomic E-state index is -2.76. The Bertz CT molecular complexity index is 413. The van der Waals surface area contributed by atoms with Crippen molar-refractivity contribution in [2.45, 2.75) is 52.2 Å². The predicted molar refractivity (Wildman–Crippen MR) is 80.6 cm³/mol. The lowest BCUT2D eigenvalue weighted by molar-refractivity contribution is -0.0498. The van der Waals surface area contributed by atoms with E-state index in [9.17, 15) is 8.78 Å². The lowest BCUT2D eigenvalue weighted by Gasteiger charge is -2.33. The molecule has 0 amide bonds. The van der Waals surface area contributed by atoms with Gasteiger partial charge in [0.1, 0.15) is 5.75 Å². The molecule has 1 fully saturated rings. The van der Waals surface area contributed by atoms with E-state index in [0.29, 0.717) is 12.0 Å². The van der Waals surface area contributed by atoms with E-state index in [0.717, 1.165) is 18.0 Å². The van der Waals surface area contributed by atoms with Gasteiger partial charge in [0.2, 0.25) is 0 Å². The molecule has 0 saturated heterocycles. The molecular formula is C17H25F2NO. The molecule has 1 N–H and O–H groups in total. The Labute approximate surface area is 125 Å². The summed E-state index contributed by atoms with van der Waals surface area (Å²) in [5, 5.41) is 3.55. The number of alkyl halides is 2. The average Bonchev–Trinajstić information content (AvgIpc) is 2.46. The van der Waals surface area contributed by atoms with E-state index in [1.165, 1.54) is 25.7 Å². The largest absolute Gasteiger partial charge is 0.435 e. The van der Waals surface area contributed by atoms with Gasteiger partial charge in [0.25, 0.3) is 0 Å². The number of halogens is 2. The molecule has 118 valence electrons. The number of benzene rings is 1. The van der Waals surface area contributed by atoms with Crippen LogP contribution in [0.5, 0.6) is 5.75 Å². The van der Waals surface area contributed by atoms with Gasteiger partial charge in [-0.1, -0.05) is 38.8 Å². The number of hydrogen-bond acceptors (Lipinski definition) is 2. The first kappa shape index (κ1) is 16.2. The summed E-state index contributed by atoms with van der Waals surface area (Å²) in [6.07, 6.45) is 5.01. The second-order valence-corrected chi connectivity index (χ2v) is 6.00. The zero-order chi connectivity index (χ0) is 15.2. The molecule has 0 heterocycles. The van der Waals surface area contributed by atoms with E-state index in [1.54, 1.807) is 12.1 Å². The molecular weight excluding hydrogens is 272 g/mol. The van der Waals surface area contributed by atoms with Crippen LogP contribution in [0.3, 0.4) is 0 Å². The van der Waals surface area contributed by atoms with Crippen LogP contribution in [0.2, 0.25) is 0 Å². The fraction of sp³-hybridized carbons (Fsp3) is 0.647. The van der Waals surface area contributed by atoms with Crippen LogP contribution in [0, 0.1) is 11.8 Å². The summed E-state index contributed by atoms with van der Waals surface area (Å²) in [6, 6.07) is 7.39. The molecule has 0 radical (unpaired) electrons. The van der Waals surface area contributed by atoms with Gasteiger partial charge in [0.05, 0.1) is 0 Å². The summed E-state index contributed by atoms with van der Waals surface area (Å²) in [4.78, 5) is 0. The summed E-state index contributed by atoms with van der Waals surface area (Å²) >= 11 is 0. The molecule has 1 atom stereocenters. The van der Waals surface area contributed by atoms with E-state index in [4.69, 9.17) is 0 Å². The highest BCUT2D eigenvalue weighted by atomic mass is 19.3. The Morgan fingerprint density at radius 3 is 2.29 bits per heavy atom. The number of rotatable bonds is 6. The average molecular weight is 297 g/mol. The Balaban J connectivity index is 2.06. The highest BCUT2D eigenvalue weighted by Gasteiger charge is 2.26. The van der Waals surface area contributed by atoms with Crippen molar-refractivity contribution in [2.24, 2.45) is 11.8 Å². The fourth-order valence-corrected chi connectivity index (χ4v) is 3.25. The maximum Gasteiger partial charge on any atom is 0.387 e. The Morgan fingerprint density at radius 2 is 1.76 bits per heavy atom. The van der Waals surface area contributed by atoms with Gasteiger partial charge in [-0.05, 0) is 48.9 Å². The molecule has 1 aromatic carbocycles. The lowest BCUT2D eigenvalue weighted by atomic mass is 9.77. The van der Waals surface area contributed by atoms with Crippen molar-refractivity contribution in [1.29, 1.82) is 0 Å². The molecule has 1 aromatic rings. The normalized spacial score (nSPS) is 24.0. The Hall–Kier alpha value is -1.16. The predicted octanol–water partition coefficient (Wildman–Crippen LogP) is 4.76. The molecule has 2 rings (SSSR count). The fourth-order valence-electron chi connectivity index (χ4n) is 3.25. The molecule has 1 aliphatic carbocycles. The van der Waals surface area contributed by atoms with Crippen LogP contribution in [-0.2, 0) is 0 Å². The van der Waals surface area contributed by atoms with Crippen LogP contribution in [0.4, 0.5) is 8.78 Å². The molecule has 0 bridgehead atoms. The van der Waals surface area contributed by atoms with Crippen LogP contribution in [0.15, 0.2) is 24.3 Å². The summed E-state index contributed by atoms with van der Waals surface area (Å²) < 4.78 is 28.8. The van der Waals surface area contributed by atoms with Crippen LogP contribution in [0.1, 0.15) is 51.1 Å². The van der Waals surface area contributed by atoms with Gasteiger partial charge in [-0.3, -0.25) is 0 Å². The standard InChI is InChI=1S/C17H25F2NO/c1-3-20-16(13-6-4-12(2)5-7-13)14-8-10-15(11-9-14)21-17(18)19/h8-13,16-17,20H,3-7H2,1-2H3. The van der Waals surface area contributed by atoms with Crippen molar-refractivity contribution in [3.8, 4) is 5.75 Å². The minimum Gasteiger partial charge on any atom is -0.435 e. The molecule has 4 heteroatoms. The minimum absolute atomic E-state index is 0.223. The van der Waals surface area contributed by atoms with E-state index < -0.39 is 6.61 Å². The number of hydrogen-bond donors (Lipinski definition) is 1. The molecule has 2 nitrogen and oxygen atoms in total. The second-order valence-electron chi connectivity index (χ2n) is 6.00. The van der Waals surface area contributed by atoms with Gasteiger partial charge in [-0.2, -0.15) is 8.78 Å². The molecule has 0 aromatic heterocycles. The van der Waals surface area contributed by atoms with E-state index in [1.807, 2.05) is 12.1 Å². The summed E-state index contributed by atoms with van der Waals surface area (Å²) in [6.45, 7) is 2.56. The highest BCUT2D eigenvalue weighted by Crippen LogP contribution is 2.37. The third-order valence-electron chi connectivity index (χ3n) is 4.42. The quantitative estimate of drug-likeness (QED) is 0.817. The first-order valence-electron chi connectivity index (χ1n) is 7.88. The van der Waals surface area contributed by atoms with Crippen LogP contribution >= 0.6 is 0 Å². The van der Waals surface area contributed by atoms with E-state index in [2.05, 4.69) is 23.9 Å². The lowest BCUT2D eigenvalue weighted by Crippen LogP contribution is -2.30. The zero-order valence-corrected chi connectivity index (χ0v) is 12.8. The molecule has 0 spiro atoms. The van der Waals surface area contributed by atoms with Crippen LogP contribution < -0.4 is 10.1 Å². The van der Waals surface area contributed by atoms with E-state index in [-0.39, 0.29) is 5.75 Å².